The molecule has 168 valence electrons. The third kappa shape index (κ3) is 23.5. The third-order valence-corrected chi connectivity index (χ3v) is 5.75. The SMILES string of the molecule is CCCCCCCCCCCCCCCCCCCCCCC(O)COC=O. The summed E-state index contributed by atoms with van der Waals surface area (Å²) in [5.74, 6) is 0. The zero-order valence-electron chi connectivity index (χ0n) is 19.0. The highest BCUT2D eigenvalue weighted by atomic mass is 16.5. The zero-order valence-corrected chi connectivity index (χ0v) is 19.0. The van der Waals surface area contributed by atoms with E-state index >= 15 is 0 Å². The smallest absolute Gasteiger partial charge is 0.293 e. The molecule has 3 nitrogen and oxygen atoms in total. The van der Waals surface area contributed by atoms with Gasteiger partial charge in [0.2, 0.25) is 0 Å². The molecule has 0 saturated heterocycles. The van der Waals surface area contributed by atoms with Crippen molar-refractivity contribution in [3.63, 3.8) is 0 Å². The first-order valence-corrected chi connectivity index (χ1v) is 12.5. The molecular formula is C25H50O3. The second-order valence-electron chi connectivity index (χ2n) is 8.59. The van der Waals surface area contributed by atoms with Crippen LogP contribution in [0, 0.1) is 0 Å². The monoisotopic (exact) mass is 398 g/mol. The van der Waals surface area contributed by atoms with Crippen LogP contribution in [0.1, 0.15) is 142 Å². The first-order chi connectivity index (χ1) is 13.8. The number of carbonyl (C=O) groups excluding carboxylic acids is 1. The van der Waals surface area contributed by atoms with Gasteiger partial charge in [-0.3, -0.25) is 4.79 Å². The van der Waals surface area contributed by atoms with E-state index in [1.807, 2.05) is 0 Å². The summed E-state index contributed by atoms with van der Waals surface area (Å²) in [5.41, 5.74) is 0. The van der Waals surface area contributed by atoms with Gasteiger partial charge >= 0.3 is 0 Å². The normalized spacial score (nSPS) is 12.2. The number of aliphatic hydroxyl groups excluding tert-OH is 1. The molecular weight excluding hydrogens is 348 g/mol. The lowest BCUT2D eigenvalue weighted by molar-refractivity contribution is -0.131. The van der Waals surface area contributed by atoms with E-state index in [0.717, 1.165) is 12.8 Å². The molecule has 0 aromatic heterocycles. The lowest BCUT2D eigenvalue weighted by Crippen LogP contribution is -2.14. The fourth-order valence-electron chi connectivity index (χ4n) is 3.87. The molecule has 1 N–H and O–H groups in total. The minimum atomic E-state index is -0.485. The molecule has 0 bridgehead atoms. The topological polar surface area (TPSA) is 46.5 Å². The van der Waals surface area contributed by atoms with Gasteiger partial charge in [-0.05, 0) is 6.42 Å². The fourth-order valence-corrected chi connectivity index (χ4v) is 3.87. The van der Waals surface area contributed by atoms with Gasteiger partial charge in [-0.25, -0.2) is 0 Å². The van der Waals surface area contributed by atoms with Gasteiger partial charge in [-0.1, -0.05) is 135 Å². The maximum atomic E-state index is 10.0. The Bertz CT molecular complexity index is 294. The van der Waals surface area contributed by atoms with Gasteiger partial charge < -0.3 is 9.84 Å². The molecule has 3 heteroatoms. The second-order valence-corrected chi connectivity index (χ2v) is 8.59. The first kappa shape index (κ1) is 27.4. The van der Waals surface area contributed by atoms with Crippen molar-refractivity contribution in [2.75, 3.05) is 6.61 Å². The van der Waals surface area contributed by atoms with Crippen molar-refractivity contribution in [3.8, 4) is 0 Å². The summed E-state index contributed by atoms with van der Waals surface area (Å²) in [6.07, 6.45) is 27.9. The highest BCUT2D eigenvalue weighted by molar-refractivity contribution is 5.36. The Labute approximate surface area is 176 Å². The molecule has 28 heavy (non-hydrogen) atoms. The van der Waals surface area contributed by atoms with Gasteiger partial charge in [-0.2, -0.15) is 0 Å². The molecule has 0 radical (unpaired) electrons. The Morgan fingerprint density at radius 2 is 0.929 bits per heavy atom. The minimum Gasteiger partial charge on any atom is -0.465 e. The second kappa shape index (κ2) is 24.5. The predicted octanol–water partition coefficient (Wildman–Crippen LogP) is 7.73. The van der Waals surface area contributed by atoms with Crippen LogP contribution in [0.15, 0.2) is 0 Å². The Morgan fingerprint density at radius 3 is 1.25 bits per heavy atom. The van der Waals surface area contributed by atoms with Crippen molar-refractivity contribution in [3.05, 3.63) is 0 Å². The average molecular weight is 399 g/mol. The summed E-state index contributed by atoms with van der Waals surface area (Å²) in [4.78, 5) is 10.0. The van der Waals surface area contributed by atoms with E-state index in [9.17, 15) is 9.90 Å². The maximum absolute atomic E-state index is 10.0. The summed E-state index contributed by atoms with van der Waals surface area (Å²) in [6, 6.07) is 0. The Hall–Kier alpha value is -0.570. The van der Waals surface area contributed by atoms with Gasteiger partial charge in [0.05, 0.1) is 6.10 Å². The number of ether oxygens (including phenoxy) is 1. The first-order valence-electron chi connectivity index (χ1n) is 12.5. The molecule has 0 aromatic rings. The molecule has 0 spiro atoms. The van der Waals surface area contributed by atoms with Gasteiger partial charge in [0, 0.05) is 0 Å². The lowest BCUT2D eigenvalue weighted by Gasteiger charge is -2.08. The third-order valence-electron chi connectivity index (χ3n) is 5.75. The van der Waals surface area contributed by atoms with E-state index in [-0.39, 0.29) is 6.61 Å². The molecule has 0 rings (SSSR count). The highest BCUT2D eigenvalue weighted by Gasteiger charge is 2.03. The number of unbranched alkanes of at least 4 members (excludes halogenated alkanes) is 19. The van der Waals surface area contributed by atoms with Crippen LogP contribution in [0.4, 0.5) is 0 Å². The Morgan fingerprint density at radius 1 is 0.607 bits per heavy atom. The molecule has 0 saturated carbocycles. The standard InChI is InChI=1S/C25H50O3/c1-2-3-4-5-6-7-8-9-10-11-12-13-14-15-16-17-18-19-20-21-22-25(27)23-28-24-26/h24-25,27H,2-23H2,1H3. The van der Waals surface area contributed by atoms with Crippen LogP contribution >= 0.6 is 0 Å². The predicted molar refractivity (Wildman–Crippen MR) is 121 cm³/mol. The average Bonchev–Trinajstić information content (AvgIpc) is 2.70. The van der Waals surface area contributed by atoms with Crippen molar-refractivity contribution in [2.24, 2.45) is 0 Å². The van der Waals surface area contributed by atoms with E-state index < -0.39 is 6.10 Å². The number of hydrogen-bond acceptors (Lipinski definition) is 3. The van der Waals surface area contributed by atoms with Crippen LogP contribution in [0.25, 0.3) is 0 Å². The molecule has 0 aliphatic rings. The van der Waals surface area contributed by atoms with Crippen LogP contribution in [0.3, 0.4) is 0 Å². The van der Waals surface area contributed by atoms with Crippen molar-refractivity contribution < 1.29 is 14.6 Å². The largest absolute Gasteiger partial charge is 0.465 e. The van der Waals surface area contributed by atoms with Crippen LogP contribution in [0.5, 0.6) is 0 Å². The summed E-state index contributed by atoms with van der Waals surface area (Å²) >= 11 is 0. The van der Waals surface area contributed by atoms with Crippen molar-refractivity contribution in [2.45, 2.75) is 148 Å². The van der Waals surface area contributed by atoms with Crippen LogP contribution in [-0.2, 0) is 9.53 Å². The molecule has 0 aliphatic carbocycles. The Kier molecular flexibility index (Phi) is 24.0. The number of hydrogen-bond donors (Lipinski definition) is 1. The molecule has 1 unspecified atom stereocenters. The minimum absolute atomic E-state index is 0.141. The molecule has 0 amide bonds. The summed E-state index contributed by atoms with van der Waals surface area (Å²) in [6.45, 7) is 2.83. The van der Waals surface area contributed by atoms with Crippen molar-refractivity contribution >= 4 is 6.47 Å². The maximum Gasteiger partial charge on any atom is 0.293 e. The van der Waals surface area contributed by atoms with Gasteiger partial charge in [0.15, 0.2) is 0 Å². The van der Waals surface area contributed by atoms with E-state index in [0.29, 0.717) is 6.47 Å². The van der Waals surface area contributed by atoms with E-state index in [2.05, 4.69) is 11.7 Å². The Balaban J connectivity index is 3.04. The lowest BCUT2D eigenvalue weighted by atomic mass is 10.0. The van der Waals surface area contributed by atoms with Crippen molar-refractivity contribution in [1.82, 2.24) is 0 Å². The van der Waals surface area contributed by atoms with Gasteiger partial charge in [0.25, 0.3) is 6.47 Å². The van der Waals surface area contributed by atoms with Crippen LogP contribution in [-0.4, -0.2) is 24.3 Å². The zero-order chi connectivity index (χ0) is 20.5. The summed E-state index contributed by atoms with van der Waals surface area (Å²) in [5, 5.41) is 9.55. The van der Waals surface area contributed by atoms with Crippen LogP contribution in [0.2, 0.25) is 0 Å². The molecule has 1 atom stereocenters. The van der Waals surface area contributed by atoms with E-state index in [1.165, 1.54) is 122 Å². The van der Waals surface area contributed by atoms with E-state index in [4.69, 9.17) is 0 Å². The molecule has 0 heterocycles. The summed E-state index contributed by atoms with van der Waals surface area (Å²) in [7, 11) is 0. The molecule has 0 aromatic carbocycles. The summed E-state index contributed by atoms with van der Waals surface area (Å²) < 4.78 is 4.56. The van der Waals surface area contributed by atoms with E-state index in [1.54, 1.807) is 0 Å². The van der Waals surface area contributed by atoms with Gasteiger partial charge in [-0.15, -0.1) is 0 Å². The number of carbonyl (C=O) groups is 1. The highest BCUT2D eigenvalue weighted by Crippen LogP contribution is 2.15. The molecule has 0 fully saturated rings. The number of rotatable bonds is 24. The van der Waals surface area contributed by atoms with Crippen LogP contribution < -0.4 is 0 Å². The quantitative estimate of drug-likeness (QED) is 0.134. The van der Waals surface area contributed by atoms with Gasteiger partial charge in [0.1, 0.15) is 6.61 Å². The molecule has 0 aliphatic heterocycles. The van der Waals surface area contributed by atoms with Crippen molar-refractivity contribution in [1.29, 1.82) is 0 Å². The fraction of sp³-hybridized carbons (Fsp3) is 0.960. The number of aliphatic hydroxyl groups is 1.